The van der Waals surface area contributed by atoms with Crippen molar-refractivity contribution in [3.63, 3.8) is 0 Å². The number of carbonyl (C=O) groups excluding carboxylic acids is 2. The molecule has 2 aromatic rings. The number of hydrogen-bond donors (Lipinski definition) is 1. The predicted molar refractivity (Wildman–Crippen MR) is 160 cm³/mol. The predicted octanol–water partition coefficient (Wildman–Crippen LogP) is 8.06. The maximum Gasteiger partial charge on any atom is 0.232 e. The van der Waals surface area contributed by atoms with Crippen molar-refractivity contribution in [1.82, 2.24) is 9.97 Å². The van der Waals surface area contributed by atoms with E-state index < -0.39 is 11.3 Å². The Morgan fingerprint density at radius 3 is 2.26 bits per heavy atom. The summed E-state index contributed by atoms with van der Waals surface area (Å²) in [6.45, 7) is 9.13. The van der Waals surface area contributed by atoms with Gasteiger partial charge in [0.05, 0.1) is 11.3 Å². The van der Waals surface area contributed by atoms with Gasteiger partial charge in [-0.3, -0.25) is 14.5 Å². The molecule has 2 heterocycles. The molecule has 0 saturated heterocycles. The number of amides is 2. The van der Waals surface area contributed by atoms with Crippen LogP contribution in [0.1, 0.15) is 105 Å². The van der Waals surface area contributed by atoms with Crippen LogP contribution in [0.2, 0.25) is 0 Å². The molecule has 39 heavy (non-hydrogen) atoms. The fourth-order valence-corrected chi connectivity index (χ4v) is 6.71. The molecule has 1 fully saturated rings. The number of nitrogens with one attached hydrogen (secondary N) is 1. The molecule has 214 valence electrons. The third kappa shape index (κ3) is 8.36. The minimum absolute atomic E-state index is 0.0209. The van der Waals surface area contributed by atoms with Crippen LogP contribution >= 0.6 is 0 Å². The van der Waals surface area contributed by atoms with E-state index in [4.69, 9.17) is 0 Å². The highest BCUT2D eigenvalue weighted by molar-refractivity contribution is 6.02. The summed E-state index contributed by atoms with van der Waals surface area (Å²) < 4.78 is 0. The van der Waals surface area contributed by atoms with Gasteiger partial charge in [-0.15, -0.1) is 0 Å². The van der Waals surface area contributed by atoms with Gasteiger partial charge in [0.1, 0.15) is 11.6 Å². The molecule has 0 radical (unpaired) electrons. The fraction of sp³-hybridized carbons (Fsp3) is 0.636. The Morgan fingerprint density at radius 2 is 1.64 bits per heavy atom. The van der Waals surface area contributed by atoms with Crippen LogP contribution < -0.4 is 10.2 Å². The molecule has 2 aromatic heterocycles. The molecule has 4 atom stereocenters. The lowest BCUT2D eigenvalue weighted by Crippen LogP contribution is -2.53. The first-order chi connectivity index (χ1) is 18.9. The fourth-order valence-electron chi connectivity index (χ4n) is 6.71. The van der Waals surface area contributed by atoms with Gasteiger partial charge in [0.15, 0.2) is 0 Å². The summed E-state index contributed by atoms with van der Waals surface area (Å²) in [7, 11) is 0. The Hall–Kier alpha value is -2.76. The summed E-state index contributed by atoms with van der Waals surface area (Å²) in [6, 6.07) is 11.3. The summed E-state index contributed by atoms with van der Waals surface area (Å²) in [6.07, 6.45) is 16.0. The Labute approximate surface area is 236 Å². The van der Waals surface area contributed by atoms with Crippen molar-refractivity contribution in [3.05, 3.63) is 48.8 Å². The Kier molecular flexibility index (Phi) is 12.4. The number of hydrogen-bond acceptors (Lipinski definition) is 4. The molecule has 1 N–H and O–H groups in total. The highest BCUT2D eigenvalue weighted by atomic mass is 16.2. The summed E-state index contributed by atoms with van der Waals surface area (Å²) in [5.41, 5.74) is -0.829. The average molecular weight is 535 g/mol. The van der Waals surface area contributed by atoms with E-state index in [1.165, 1.54) is 32.1 Å². The smallest absolute Gasteiger partial charge is 0.232 e. The molecule has 0 bridgehead atoms. The highest BCUT2D eigenvalue weighted by Gasteiger charge is 2.52. The van der Waals surface area contributed by atoms with Crippen molar-refractivity contribution in [2.75, 3.05) is 16.8 Å². The molecule has 1 aliphatic rings. The van der Waals surface area contributed by atoms with Crippen LogP contribution in [-0.4, -0.2) is 28.3 Å². The van der Waals surface area contributed by atoms with Gasteiger partial charge in [-0.2, -0.15) is 0 Å². The molecule has 1 aliphatic carbocycles. The number of carbonyl (C=O) groups is 2. The Morgan fingerprint density at radius 1 is 0.974 bits per heavy atom. The molecule has 1 saturated carbocycles. The van der Waals surface area contributed by atoms with E-state index in [0.717, 1.165) is 32.1 Å². The van der Waals surface area contributed by atoms with Gasteiger partial charge in [-0.1, -0.05) is 97.1 Å². The van der Waals surface area contributed by atoms with E-state index in [1.807, 2.05) is 43.3 Å². The standard InChI is InChI=1S/C33H50N4O2/c1-5-18-27(4)30(31(38)37(6-2)29-21-14-17-24-35-29)33(32(39)36-28-20-13-16-23-34-28)22-15-11-9-7-8-10-12-19-26(3)25-33/h13-14,16-17,20-21,23-24,26-27,30H,5-12,15,18-19,22,25H2,1-4H3,(H,34,36,39). The summed E-state index contributed by atoms with van der Waals surface area (Å²) in [5, 5.41) is 3.18. The Balaban J connectivity index is 2.13. The SMILES string of the molecule is CCCC(C)C(C(=O)N(CC)c1ccccn1)C1(C(=O)Nc2ccccn2)CCCCCCCCCC(C)C1. The van der Waals surface area contributed by atoms with Crippen molar-refractivity contribution in [3.8, 4) is 0 Å². The third-order valence-corrected chi connectivity index (χ3v) is 8.57. The van der Waals surface area contributed by atoms with Crippen LogP contribution in [0.15, 0.2) is 48.8 Å². The van der Waals surface area contributed by atoms with Gasteiger partial charge >= 0.3 is 0 Å². The van der Waals surface area contributed by atoms with E-state index in [1.54, 1.807) is 17.3 Å². The van der Waals surface area contributed by atoms with Crippen molar-refractivity contribution >= 4 is 23.5 Å². The number of aromatic nitrogens is 2. The molecule has 3 rings (SSSR count). The number of nitrogens with zero attached hydrogens (tertiary/aromatic N) is 3. The molecular weight excluding hydrogens is 484 g/mol. The van der Waals surface area contributed by atoms with E-state index in [9.17, 15) is 9.59 Å². The molecule has 6 nitrogen and oxygen atoms in total. The normalized spacial score (nSPS) is 22.5. The molecule has 2 amide bonds. The van der Waals surface area contributed by atoms with E-state index >= 15 is 0 Å². The summed E-state index contributed by atoms with van der Waals surface area (Å²) in [5.74, 6) is 1.11. The largest absolute Gasteiger partial charge is 0.310 e. The molecule has 0 aromatic carbocycles. The highest BCUT2D eigenvalue weighted by Crippen LogP contribution is 2.48. The number of anilines is 2. The van der Waals surface area contributed by atoms with Crippen LogP contribution in [0.4, 0.5) is 11.6 Å². The van der Waals surface area contributed by atoms with Crippen LogP contribution in [-0.2, 0) is 9.59 Å². The van der Waals surface area contributed by atoms with Crippen molar-refractivity contribution in [2.45, 2.75) is 105 Å². The van der Waals surface area contributed by atoms with Gasteiger partial charge in [-0.25, -0.2) is 9.97 Å². The van der Waals surface area contributed by atoms with E-state index in [2.05, 4.69) is 36.1 Å². The zero-order chi connectivity index (χ0) is 28.1. The quantitative estimate of drug-likeness (QED) is 0.353. The first-order valence-corrected chi connectivity index (χ1v) is 15.4. The second-order valence-corrected chi connectivity index (χ2v) is 11.7. The second kappa shape index (κ2) is 15.7. The van der Waals surface area contributed by atoms with Gasteiger partial charge < -0.3 is 5.32 Å². The van der Waals surface area contributed by atoms with Crippen LogP contribution in [0.3, 0.4) is 0 Å². The van der Waals surface area contributed by atoms with Crippen LogP contribution in [0.5, 0.6) is 0 Å². The molecule has 0 spiro atoms. The minimum atomic E-state index is -0.829. The molecule has 6 heteroatoms. The minimum Gasteiger partial charge on any atom is -0.310 e. The lowest BCUT2D eigenvalue weighted by molar-refractivity contribution is -0.143. The van der Waals surface area contributed by atoms with Crippen molar-refractivity contribution in [2.24, 2.45) is 23.2 Å². The van der Waals surface area contributed by atoms with Crippen molar-refractivity contribution < 1.29 is 9.59 Å². The Bertz CT molecular complexity index is 999. The second-order valence-electron chi connectivity index (χ2n) is 11.7. The average Bonchev–Trinajstić information content (AvgIpc) is 2.93. The maximum atomic E-state index is 14.7. The van der Waals surface area contributed by atoms with Crippen molar-refractivity contribution in [1.29, 1.82) is 0 Å². The lowest BCUT2D eigenvalue weighted by Gasteiger charge is -2.45. The first-order valence-electron chi connectivity index (χ1n) is 15.4. The zero-order valence-corrected chi connectivity index (χ0v) is 24.7. The molecular formula is C33H50N4O2. The lowest BCUT2D eigenvalue weighted by atomic mass is 9.60. The number of rotatable bonds is 9. The van der Waals surface area contributed by atoms with Gasteiger partial charge in [0, 0.05) is 18.9 Å². The van der Waals surface area contributed by atoms with Crippen LogP contribution in [0.25, 0.3) is 0 Å². The summed E-state index contributed by atoms with van der Waals surface area (Å²) in [4.78, 5) is 40.1. The molecule has 0 aliphatic heterocycles. The number of pyridine rings is 2. The zero-order valence-electron chi connectivity index (χ0n) is 24.7. The monoisotopic (exact) mass is 534 g/mol. The van der Waals surface area contributed by atoms with E-state index in [0.29, 0.717) is 36.9 Å². The maximum absolute atomic E-state index is 14.7. The van der Waals surface area contributed by atoms with Gasteiger partial charge in [0.2, 0.25) is 11.8 Å². The van der Waals surface area contributed by atoms with Crippen LogP contribution in [0, 0.1) is 23.2 Å². The summed E-state index contributed by atoms with van der Waals surface area (Å²) >= 11 is 0. The van der Waals surface area contributed by atoms with E-state index in [-0.39, 0.29) is 17.7 Å². The van der Waals surface area contributed by atoms with Gasteiger partial charge in [0.25, 0.3) is 0 Å². The third-order valence-electron chi connectivity index (χ3n) is 8.57. The first kappa shape index (κ1) is 30.8. The molecule has 4 unspecified atom stereocenters. The van der Waals surface area contributed by atoms with Gasteiger partial charge in [-0.05, 0) is 55.9 Å². The topological polar surface area (TPSA) is 75.2 Å².